The summed E-state index contributed by atoms with van der Waals surface area (Å²) in [6.45, 7) is -0.394. The summed E-state index contributed by atoms with van der Waals surface area (Å²) in [7, 11) is 0. The van der Waals surface area contributed by atoms with Crippen molar-refractivity contribution >= 4 is 39.1 Å². The van der Waals surface area contributed by atoms with E-state index in [-0.39, 0.29) is 17.7 Å². The maximum atomic E-state index is 13.7. The summed E-state index contributed by atoms with van der Waals surface area (Å²) in [5, 5.41) is 5.73. The number of carbonyl (C=O) groups excluding carboxylic acids is 2. The average molecular weight is 476 g/mol. The Bertz CT molecular complexity index is 1140. The normalized spacial score (nSPS) is 15.4. The topological polar surface area (TPSA) is 71.1 Å². The molecular formula is C24H24F3N3O2S. The van der Waals surface area contributed by atoms with Crippen LogP contribution in [0.2, 0.25) is 0 Å². The monoisotopic (exact) mass is 475 g/mol. The van der Waals surface area contributed by atoms with Gasteiger partial charge in [0, 0.05) is 12.8 Å². The van der Waals surface area contributed by atoms with Gasteiger partial charge in [-0.15, -0.1) is 11.3 Å². The number of aromatic nitrogens is 1. The van der Waals surface area contributed by atoms with Crippen LogP contribution in [-0.4, -0.2) is 23.3 Å². The van der Waals surface area contributed by atoms with Crippen molar-refractivity contribution < 1.29 is 22.8 Å². The van der Waals surface area contributed by atoms with Crippen LogP contribution in [0.5, 0.6) is 0 Å². The molecule has 0 bridgehead atoms. The van der Waals surface area contributed by atoms with Gasteiger partial charge >= 0.3 is 0 Å². The van der Waals surface area contributed by atoms with Crippen LogP contribution in [-0.2, 0) is 16.0 Å². The van der Waals surface area contributed by atoms with Crippen molar-refractivity contribution in [3.8, 4) is 0 Å². The molecule has 1 heterocycles. The highest BCUT2D eigenvalue weighted by Crippen LogP contribution is 2.43. The van der Waals surface area contributed by atoms with Crippen molar-refractivity contribution in [3.63, 3.8) is 0 Å². The van der Waals surface area contributed by atoms with Crippen molar-refractivity contribution in [2.24, 2.45) is 5.41 Å². The van der Waals surface area contributed by atoms with Crippen LogP contribution in [0, 0.1) is 22.9 Å². The Labute approximate surface area is 193 Å². The molecule has 0 radical (unpaired) electrons. The first-order chi connectivity index (χ1) is 15.8. The minimum Gasteiger partial charge on any atom is -0.347 e. The molecule has 9 heteroatoms. The molecule has 3 aromatic rings. The predicted molar refractivity (Wildman–Crippen MR) is 121 cm³/mol. The fourth-order valence-corrected chi connectivity index (χ4v) is 5.57. The number of fused-ring (bicyclic) bond motifs is 1. The van der Waals surface area contributed by atoms with E-state index in [1.807, 2.05) is 24.3 Å². The number of halogens is 3. The fraction of sp³-hybridized carbons (Fsp3) is 0.375. The first-order valence-corrected chi connectivity index (χ1v) is 11.7. The highest BCUT2D eigenvalue weighted by atomic mass is 32.1. The number of nitrogens with zero attached hydrogens (tertiary/aromatic N) is 1. The number of para-hydroxylation sites is 1. The van der Waals surface area contributed by atoms with E-state index >= 15 is 0 Å². The highest BCUT2D eigenvalue weighted by molar-refractivity contribution is 7.18. The van der Waals surface area contributed by atoms with Gasteiger partial charge in [0.25, 0.3) is 0 Å². The lowest BCUT2D eigenvalue weighted by Gasteiger charge is -2.36. The Morgan fingerprint density at radius 2 is 1.73 bits per heavy atom. The van der Waals surface area contributed by atoms with Crippen LogP contribution in [0.25, 0.3) is 10.2 Å². The zero-order valence-corrected chi connectivity index (χ0v) is 18.7. The molecule has 2 N–H and O–H groups in total. The lowest BCUT2D eigenvalue weighted by molar-refractivity contribution is -0.126. The second kappa shape index (κ2) is 9.91. The number of benzene rings is 2. The Balaban J connectivity index is 1.37. The number of nitrogens with one attached hydrogen (secondary N) is 2. The maximum Gasteiger partial charge on any atom is 0.243 e. The fourth-order valence-electron chi connectivity index (χ4n) is 4.43. The van der Waals surface area contributed by atoms with Gasteiger partial charge in [-0.05, 0) is 42.5 Å². The van der Waals surface area contributed by atoms with Crippen LogP contribution in [0.1, 0.15) is 43.5 Å². The number of thiazole rings is 1. The van der Waals surface area contributed by atoms with E-state index in [1.165, 1.54) is 0 Å². The number of hydrogen-bond acceptors (Lipinski definition) is 4. The quantitative estimate of drug-likeness (QED) is 0.453. The summed E-state index contributed by atoms with van der Waals surface area (Å²) in [6.07, 6.45) is 5.97. The number of carbonyl (C=O) groups is 2. The Hall–Kier alpha value is -2.94. The summed E-state index contributed by atoms with van der Waals surface area (Å²) in [6, 6.07) is 9.59. The zero-order chi connectivity index (χ0) is 23.4. The molecule has 0 aliphatic heterocycles. The molecule has 1 aromatic heterocycles. The summed E-state index contributed by atoms with van der Waals surface area (Å²) in [5.74, 6) is -5.49. The minimum atomic E-state index is -1.66. The average Bonchev–Trinajstić information content (AvgIpc) is 3.20. The summed E-state index contributed by atoms with van der Waals surface area (Å²) in [5.41, 5.74) is 0.251. The van der Waals surface area contributed by atoms with Gasteiger partial charge < -0.3 is 10.6 Å². The number of hydrogen-bond donors (Lipinski definition) is 2. The van der Waals surface area contributed by atoms with Crippen molar-refractivity contribution in [1.82, 2.24) is 10.3 Å². The van der Waals surface area contributed by atoms with Gasteiger partial charge in [-0.25, -0.2) is 18.2 Å². The van der Waals surface area contributed by atoms with Gasteiger partial charge in [-0.3, -0.25) is 9.59 Å². The predicted octanol–water partition coefficient (Wildman–Crippen LogP) is 5.35. The van der Waals surface area contributed by atoms with Crippen molar-refractivity contribution in [2.75, 3.05) is 11.9 Å². The third-order valence-electron chi connectivity index (χ3n) is 6.07. The zero-order valence-electron chi connectivity index (χ0n) is 17.9. The van der Waals surface area contributed by atoms with E-state index in [0.29, 0.717) is 6.42 Å². The van der Waals surface area contributed by atoms with E-state index in [9.17, 15) is 22.8 Å². The summed E-state index contributed by atoms with van der Waals surface area (Å²) in [4.78, 5) is 29.6. The molecule has 0 saturated heterocycles. The Morgan fingerprint density at radius 1 is 0.970 bits per heavy atom. The molecule has 2 aromatic carbocycles. The van der Waals surface area contributed by atoms with E-state index < -0.39 is 35.6 Å². The van der Waals surface area contributed by atoms with E-state index in [2.05, 4.69) is 10.6 Å². The van der Waals surface area contributed by atoms with Gasteiger partial charge in [0.2, 0.25) is 11.8 Å². The molecular weight excluding hydrogens is 451 g/mol. The van der Waals surface area contributed by atoms with Crippen LogP contribution < -0.4 is 10.6 Å². The van der Waals surface area contributed by atoms with Crippen molar-refractivity contribution in [3.05, 3.63) is 58.9 Å². The first kappa shape index (κ1) is 23.2. The van der Waals surface area contributed by atoms with Gasteiger partial charge in [0.05, 0.1) is 27.5 Å². The Kier molecular flexibility index (Phi) is 6.97. The second-order valence-electron chi connectivity index (χ2n) is 8.54. The number of amides is 2. The van der Waals surface area contributed by atoms with Gasteiger partial charge in [0.15, 0.2) is 17.5 Å². The lowest BCUT2D eigenvalue weighted by Crippen LogP contribution is -2.38. The third-order valence-corrected chi connectivity index (χ3v) is 7.11. The van der Waals surface area contributed by atoms with Crippen LogP contribution >= 0.6 is 11.3 Å². The highest BCUT2D eigenvalue weighted by Gasteiger charge is 2.35. The number of anilines is 1. The SMILES string of the molecule is O=C(CC1(Cc2nc3ccccc3s2)CCCCC1)NCC(=O)Nc1ccc(F)c(F)c1F. The van der Waals surface area contributed by atoms with E-state index in [0.717, 1.165) is 59.5 Å². The molecule has 2 amide bonds. The molecule has 33 heavy (non-hydrogen) atoms. The molecule has 0 spiro atoms. The third kappa shape index (κ3) is 5.52. The molecule has 0 unspecified atom stereocenters. The van der Waals surface area contributed by atoms with Crippen LogP contribution in [0.15, 0.2) is 36.4 Å². The van der Waals surface area contributed by atoms with Gasteiger partial charge in [-0.1, -0.05) is 31.4 Å². The Morgan fingerprint density at radius 3 is 2.48 bits per heavy atom. The van der Waals surface area contributed by atoms with E-state index in [4.69, 9.17) is 4.98 Å². The molecule has 174 valence electrons. The molecule has 0 atom stereocenters. The maximum absolute atomic E-state index is 13.7. The van der Waals surface area contributed by atoms with Crippen molar-refractivity contribution in [1.29, 1.82) is 0 Å². The van der Waals surface area contributed by atoms with E-state index in [1.54, 1.807) is 11.3 Å². The van der Waals surface area contributed by atoms with Gasteiger partial charge in [0.1, 0.15) is 0 Å². The summed E-state index contributed by atoms with van der Waals surface area (Å²) < 4.78 is 41.2. The smallest absolute Gasteiger partial charge is 0.243 e. The number of rotatable bonds is 7. The molecule has 1 fully saturated rings. The largest absolute Gasteiger partial charge is 0.347 e. The minimum absolute atomic E-state index is 0.223. The molecule has 1 saturated carbocycles. The standard InChI is InChI=1S/C24H24F3N3O2S/c25-15-8-9-17(23(27)22(15)26)29-20(32)14-28-19(31)12-24(10-4-1-5-11-24)13-21-30-16-6-2-3-7-18(16)33-21/h2-3,6-9H,1,4-5,10-14H2,(H,28,31)(H,29,32). The van der Waals surface area contributed by atoms with Crippen LogP contribution in [0.4, 0.5) is 18.9 Å². The summed E-state index contributed by atoms with van der Waals surface area (Å²) >= 11 is 1.64. The second-order valence-corrected chi connectivity index (χ2v) is 9.65. The lowest BCUT2D eigenvalue weighted by atomic mass is 9.69. The van der Waals surface area contributed by atoms with Crippen LogP contribution in [0.3, 0.4) is 0 Å². The first-order valence-electron chi connectivity index (χ1n) is 10.9. The molecule has 1 aliphatic rings. The molecule has 5 nitrogen and oxygen atoms in total. The molecule has 4 rings (SSSR count). The molecule has 1 aliphatic carbocycles. The van der Waals surface area contributed by atoms with Crippen molar-refractivity contribution in [2.45, 2.75) is 44.9 Å². The van der Waals surface area contributed by atoms with Gasteiger partial charge in [-0.2, -0.15) is 0 Å².